The molecular weight excluding hydrogens is 807 g/mol. The number of hydrogen-bond acceptors (Lipinski definition) is 11. The summed E-state index contributed by atoms with van der Waals surface area (Å²) in [4.78, 5) is 80.4. The molecule has 16 heteroatoms. The number of thiazole rings is 2. The van der Waals surface area contributed by atoms with E-state index >= 15 is 0 Å². The SMILES string of the molecule is Cc1ncsc1-c1ccc(CNC(=O)[C@@H]2C[C@@H](O)CN2C(=O)[C@@H](NC(=O)CCCCCC(=O)Nc2cc(N=Cc3cccs3)cc(-c3csc(=O)[nH]3)c2)C(C)(C)C)cc1. The molecule has 13 nitrogen and oxygen atoms in total. The fraction of sp³-hybridized carbons (Fsp3) is 0.372. The first-order valence-electron chi connectivity index (χ1n) is 19.5. The largest absolute Gasteiger partial charge is 0.391 e. The Morgan fingerprint density at radius 2 is 1.76 bits per heavy atom. The number of aliphatic imine (C=N–C) groups is 1. The van der Waals surface area contributed by atoms with E-state index in [1.165, 1.54) is 4.90 Å². The Kier molecular flexibility index (Phi) is 14.4. The molecule has 5 aromatic rings. The molecule has 4 amide bonds. The molecule has 0 radical (unpaired) electrons. The van der Waals surface area contributed by atoms with Gasteiger partial charge in [0.1, 0.15) is 12.1 Å². The van der Waals surface area contributed by atoms with Gasteiger partial charge in [0.05, 0.1) is 33.6 Å². The van der Waals surface area contributed by atoms with Crippen LogP contribution in [0.1, 0.15) is 75.4 Å². The topological polar surface area (TPSA) is 186 Å². The Bertz CT molecular complexity index is 2330. The molecule has 0 aliphatic carbocycles. The van der Waals surface area contributed by atoms with E-state index in [4.69, 9.17) is 0 Å². The van der Waals surface area contributed by atoms with Gasteiger partial charge in [-0.15, -0.1) is 22.7 Å². The Morgan fingerprint density at radius 3 is 2.42 bits per heavy atom. The molecule has 6 rings (SSSR count). The van der Waals surface area contributed by atoms with Crippen molar-refractivity contribution in [3.63, 3.8) is 0 Å². The molecule has 0 unspecified atom stereocenters. The number of carbonyl (C=O) groups is 4. The zero-order chi connectivity index (χ0) is 42.1. The number of nitrogens with zero attached hydrogens (tertiary/aromatic N) is 3. The number of thiophene rings is 1. The average molecular weight is 856 g/mol. The lowest BCUT2D eigenvalue weighted by Gasteiger charge is -2.35. The number of H-pyrrole nitrogens is 1. The third kappa shape index (κ3) is 11.9. The van der Waals surface area contributed by atoms with Crippen LogP contribution in [-0.2, 0) is 25.7 Å². The van der Waals surface area contributed by atoms with E-state index < -0.39 is 29.5 Å². The van der Waals surface area contributed by atoms with E-state index in [0.717, 1.165) is 43.5 Å². The fourth-order valence-corrected chi connectivity index (χ4v) is 8.81. The predicted molar refractivity (Wildman–Crippen MR) is 235 cm³/mol. The van der Waals surface area contributed by atoms with Crippen LogP contribution < -0.4 is 20.8 Å². The van der Waals surface area contributed by atoms with Gasteiger partial charge in [-0.3, -0.25) is 29.0 Å². The van der Waals surface area contributed by atoms with Gasteiger partial charge in [-0.05, 0) is 66.0 Å². The normalized spacial score (nSPS) is 16.0. The number of carbonyl (C=O) groups excluding carboxylic acids is 4. The lowest BCUT2D eigenvalue weighted by Crippen LogP contribution is -2.57. The summed E-state index contributed by atoms with van der Waals surface area (Å²) < 4.78 is 0. The van der Waals surface area contributed by atoms with Crippen LogP contribution in [0.3, 0.4) is 0 Å². The van der Waals surface area contributed by atoms with Crippen LogP contribution in [0.15, 0.2) is 80.7 Å². The summed E-state index contributed by atoms with van der Waals surface area (Å²) in [5.74, 6) is -1.28. The first-order chi connectivity index (χ1) is 28.2. The van der Waals surface area contributed by atoms with Gasteiger partial charge in [0, 0.05) is 60.1 Å². The van der Waals surface area contributed by atoms with Gasteiger partial charge in [-0.25, -0.2) is 4.98 Å². The average Bonchev–Trinajstić information content (AvgIpc) is 4.03. The first-order valence-corrected chi connectivity index (χ1v) is 22.1. The fourth-order valence-electron chi connectivity index (χ4n) is 6.82. The monoisotopic (exact) mass is 855 g/mol. The smallest absolute Gasteiger partial charge is 0.304 e. The van der Waals surface area contributed by atoms with E-state index in [1.807, 2.05) is 81.1 Å². The van der Waals surface area contributed by atoms with Crippen molar-refractivity contribution < 1.29 is 24.3 Å². The van der Waals surface area contributed by atoms with Crippen molar-refractivity contribution in [2.24, 2.45) is 10.4 Å². The highest BCUT2D eigenvalue weighted by molar-refractivity contribution is 7.13. The number of hydrogen-bond donors (Lipinski definition) is 5. The molecule has 3 aromatic heterocycles. The molecule has 310 valence electrons. The Labute approximate surface area is 355 Å². The van der Waals surface area contributed by atoms with Gasteiger partial charge in [0.25, 0.3) is 0 Å². The number of β-amino-alcohol motifs (C(OH)–C–C–N with tert-alkyl or cyclic N) is 1. The van der Waals surface area contributed by atoms with Crippen LogP contribution in [0, 0.1) is 12.3 Å². The quantitative estimate of drug-likeness (QED) is 0.0520. The van der Waals surface area contributed by atoms with Crippen molar-refractivity contribution >= 4 is 75.2 Å². The molecule has 0 spiro atoms. The lowest BCUT2D eigenvalue weighted by atomic mass is 9.85. The number of amides is 4. The molecule has 2 aromatic carbocycles. The second-order valence-corrected chi connectivity index (χ2v) is 18.3. The Balaban J connectivity index is 0.976. The number of aromatic nitrogens is 2. The minimum atomic E-state index is -0.925. The number of aryl methyl sites for hydroxylation is 1. The number of aliphatic hydroxyl groups is 1. The van der Waals surface area contributed by atoms with Crippen molar-refractivity contribution in [3.05, 3.63) is 96.7 Å². The van der Waals surface area contributed by atoms with Crippen LogP contribution in [0.2, 0.25) is 0 Å². The lowest BCUT2D eigenvalue weighted by molar-refractivity contribution is -0.144. The summed E-state index contributed by atoms with van der Waals surface area (Å²) in [7, 11) is 0. The molecule has 1 aliphatic rings. The van der Waals surface area contributed by atoms with Gasteiger partial charge in [0.2, 0.25) is 23.6 Å². The maximum absolute atomic E-state index is 14.0. The third-order valence-electron chi connectivity index (χ3n) is 9.94. The van der Waals surface area contributed by atoms with E-state index in [0.29, 0.717) is 36.3 Å². The van der Waals surface area contributed by atoms with E-state index in [9.17, 15) is 29.1 Å². The Morgan fingerprint density at radius 1 is 1.00 bits per heavy atom. The molecule has 1 fully saturated rings. The summed E-state index contributed by atoms with van der Waals surface area (Å²) >= 11 is 4.19. The van der Waals surface area contributed by atoms with Gasteiger partial charge in [-0.1, -0.05) is 68.9 Å². The second-order valence-electron chi connectivity index (χ2n) is 15.7. The molecule has 3 atom stereocenters. The number of benzene rings is 2. The van der Waals surface area contributed by atoms with Crippen molar-refractivity contribution in [2.45, 2.75) is 91.0 Å². The van der Waals surface area contributed by atoms with Crippen LogP contribution in [-0.4, -0.2) is 74.6 Å². The van der Waals surface area contributed by atoms with Crippen molar-refractivity contribution in [1.82, 2.24) is 25.5 Å². The summed E-state index contributed by atoms with van der Waals surface area (Å²) in [5.41, 5.74) is 6.57. The van der Waals surface area contributed by atoms with Crippen LogP contribution >= 0.6 is 34.0 Å². The van der Waals surface area contributed by atoms with E-state index in [-0.39, 0.29) is 54.9 Å². The van der Waals surface area contributed by atoms with Crippen LogP contribution in [0.5, 0.6) is 0 Å². The zero-order valence-electron chi connectivity index (χ0n) is 33.4. The number of aliphatic hydroxyl groups excluding tert-OH is 1. The standard InChI is InChI=1S/C43H49N7O6S3/c1-26-38(59-25-46-26)28-14-12-27(13-15-28)21-45-40(54)35-20-32(51)23-50(35)41(55)39(43(2,3)4)49-37(53)11-7-5-6-10-36(52)47-31-18-29(34-24-58-42(56)48-34)17-30(19-31)44-22-33-9-8-16-57-33/h8-9,12-19,22,24-25,32,35,39,51H,5-7,10-11,20-21,23H2,1-4H3,(H,45,54)(H,47,52)(H,48,56)(H,49,53)/t32-,35+,39-/m1/s1. The molecule has 4 heterocycles. The molecule has 0 saturated carbocycles. The maximum atomic E-state index is 14.0. The zero-order valence-corrected chi connectivity index (χ0v) is 35.9. The minimum absolute atomic E-state index is 0.00814. The van der Waals surface area contributed by atoms with Crippen molar-refractivity contribution in [2.75, 3.05) is 11.9 Å². The highest BCUT2D eigenvalue weighted by Crippen LogP contribution is 2.30. The summed E-state index contributed by atoms with van der Waals surface area (Å²) in [6.45, 7) is 7.76. The number of aromatic amines is 1. The summed E-state index contributed by atoms with van der Waals surface area (Å²) in [5, 5.41) is 23.0. The molecular formula is C43H49N7O6S3. The Hall–Kier alpha value is -5.29. The van der Waals surface area contributed by atoms with E-state index in [2.05, 4.69) is 30.9 Å². The number of anilines is 1. The maximum Gasteiger partial charge on any atom is 0.304 e. The highest BCUT2D eigenvalue weighted by Gasteiger charge is 2.44. The first kappa shape index (κ1) is 43.3. The summed E-state index contributed by atoms with van der Waals surface area (Å²) in [6.07, 6.45) is 3.03. The molecule has 0 bridgehead atoms. The molecule has 1 aliphatic heterocycles. The number of likely N-dealkylation sites (tertiary alicyclic amines) is 1. The highest BCUT2D eigenvalue weighted by atomic mass is 32.1. The minimum Gasteiger partial charge on any atom is -0.391 e. The predicted octanol–water partition coefficient (Wildman–Crippen LogP) is 7.05. The molecule has 59 heavy (non-hydrogen) atoms. The molecule has 1 saturated heterocycles. The van der Waals surface area contributed by atoms with Crippen LogP contribution in [0.4, 0.5) is 11.4 Å². The number of unbranched alkanes of at least 4 members (excludes halogenated alkanes) is 2. The van der Waals surface area contributed by atoms with Gasteiger partial charge >= 0.3 is 4.87 Å². The second kappa shape index (κ2) is 19.6. The molecule has 5 N–H and O–H groups in total. The van der Waals surface area contributed by atoms with Gasteiger partial charge in [0.15, 0.2) is 0 Å². The van der Waals surface area contributed by atoms with Gasteiger partial charge < -0.3 is 30.9 Å². The van der Waals surface area contributed by atoms with Crippen LogP contribution in [0.25, 0.3) is 21.7 Å². The van der Waals surface area contributed by atoms with Crippen molar-refractivity contribution in [1.29, 1.82) is 0 Å². The summed E-state index contributed by atoms with van der Waals surface area (Å²) in [6, 6.07) is 15.4. The number of rotatable bonds is 16. The number of nitrogens with one attached hydrogen (secondary N) is 4. The van der Waals surface area contributed by atoms with E-state index in [1.54, 1.807) is 46.4 Å². The van der Waals surface area contributed by atoms with Gasteiger partial charge in [-0.2, -0.15) is 0 Å². The van der Waals surface area contributed by atoms with Crippen molar-refractivity contribution in [3.8, 4) is 21.7 Å². The third-order valence-corrected chi connectivity index (χ3v) is 12.4.